The minimum absolute atomic E-state index is 0.481. The molecule has 1 aromatic heterocycles. The van der Waals surface area contributed by atoms with Crippen molar-refractivity contribution in [3.63, 3.8) is 0 Å². The molecule has 2 aromatic rings. The van der Waals surface area contributed by atoms with Gasteiger partial charge in [-0.05, 0) is 30.2 Å². The summed E-state index contributed by atoms with van der Waals surface area (Å²) in [4.78, 5) is 0. The van der Waals surface area contributed by atoms with Crippen molar-refractivity contribution in [1.29, 1.82) is 0 Å². The van der Waals surface area contributed by atoms with Crippen LogP contribution in [-0.4, -0.2) is 16.3 Å². The zero-order valence-electron chi connectivity index (χ0n) is 10.4. The Balaban J connectivity index is 2.47. The molecule has 3 heteroatoms. The molecule has 0 amide bonds. The Morgan fingerprint density at radius 1 is 1.24 bits per heavy atom. The first kappa shape index (κ1) is 11.9. The monoisotopic (exact) mass is 229 g/mol. The molecule has 17 heavy (non-hydrogen) atoms. The van der Waals surface area contributed by atoms with Crippen LogP contribution in [0.25, 0.3) is 5.69 Å². The maximum atomic E-state index is 5.69. The topological polar surface area (TPSA) is 43.8 Å². The van der Waals surface area contributed by atoms with Crippen molar-refractivity contribution in [3.05, 3.63) is 47.8 Å². The molecule has 0 aliphatic rings. The summed E-state index contributed by atoms with van der Waals surface area (Å²) >= 11 is 0. The largest absolute Gasteiger partial charge is 0.330 e. The van der Waals surface area contributed by atoms with Crippen molar-refractivity contribution < 1.29 is 0 Å². The summed E-state index contributed by atoms with van der Waals surface area (Å²) in [7, 11) is 0. The Kier molecular flexibility index (Phi) is 3.59. The molecule has 2 rings (SSSR count). The number of hydrogen-bond donors (Lipinski definition) is 1. The maximum Gasteiger partial charge on any atom is 0.0648 e. The molecule has 0 atom stereocenters. The zero-order chi connectivity index (χ0) is 12.3. The number of rotatable bonds is 4. The van der Waals surface area contributed by atoms with Gasteiger partial charge in [0.05, 0.1) is 11.9 Å². The van der Waals surface area contributed by atoms with Gasteiger partial charge in [0, 0.05) is 12.1 Å². The molecular formula is C14H19N3. The number of aromatic nitrogens is 2. The van der Waals surface area contributed by atoms with E-state index in [-0.39, 0.29) is 0 Å². The number of benzene rings is 1. The average molecular weight is 229 g/mol. The fourth-order valence-electron chi connectivity index (χ4n) is 2.05. The second kappa shape index (κ2) is 5.15. The molecule has 0 unspecified atom stereocenters. The Morgan fingerprint density at radius 3 is 2.53 bits per heavy atom. The highest BCUT2D eigenvalue weighted by molar-refractivity contribution is 5.36. The van der Waals surface area contributed by atoms with E-state index in [1.54, 1.807) is 0 Å². The fraction of sp³-hybridized carbons (Fsp3) is 0.357. The standard InChI is InChI=1S/C14H19N3/c1-11(2)13-10-16-17(14(13)8-9-15)12-6-4-3-5-7-12/h3-7,10-11H,8-9,15H2,1-2H3. The van der Waals surface area contributed by atoms with Gasteiger partial charge in [-0.25, -0.2) is 4.68 Å². The van der Waals surface area contributed by atoms with Crippen LogP contribution in [-0.2, 0) is 6.42 Å². The van der Waals surface area contributed by atoms with Gasteiger partial charge >= 0.3 is 0 Å². The summed E-state index contributed by atoms with van der Waals surface area (Å²) in [6, 6.07) is 10.2. The first-order valence-electron chi connectivity index (χ1n) is 6.06. The molecule has 0 bridgehead atoms. The molecular weight excluding hydrogens is 210 g/mol. The summed E-state index contributed by atoms with van der Waals surface area (Å²) in [5.74, 6) is 0.481. The van der Waals surface area contributed by atoms with Crippen molar-refractivity contribution in [2.45, 2.75) is 26.2 Å². The molecule has 0 fully saturated rings. The second-order valence-electron chi connectivity index (χ2n) is 4.49. The third kappa shape index (κ3) is 2.39. The van der Waals surface area contributed by atoms with E-state index in [9.17, 15) is 0 Å². The van der Waals surface area contributed by atoms with Crippen molar-refractivity contribution in [3.8, 4) is 5.69 Å². The SMILES string of the molecule is CC(C)c1cnn(-c2ccccc2)c1CCN. The van der Waals surface area contributed by atoms with Crippen LogP contribution in [0.15, 0.2) is 36.5 Å². The zero-order valence-corrected chi connectivity index (χ0v) is 10.4. The van der Waals surface area contributed by atoms with E-state index < -0.39 is 0 Å². The number of nitrogens with zero attached hydrogens (tertiary/aromatic N) is 2. The molecule has 0 spiro atoms. The highest BCUT2D eigenvalue weighted by atomic mass is 15.3. The number of hydrogen-bond acceptors (Lipinski definition) is 2. The average Bonchev–Trinajstić information content (AvgIpc) is 2.75. The maximum absolute atomic E-state index is 5.69. The molecule has 2 N–H and O–H groups in total. The van der Waals surface area contributed by atoms with Crippen molar-refractivity contribution in [1.82, 2.24) is 9.78 Å². The lowest BCUT2D eigenvalue weighted by Crippen LogP contribution is -2.10. The van der Waals surface area contributed by atoms with Crippen molar-refractivity contribution in [2.24, 2.45) is 5.73 Å². The number of nitrogens with two attached hydrogens (primary N) is 1. The van der Waals surface area contributed by atoms with Gasteiger partial charge in [0.2, 0.25) is 0 Å². The fourth-order valence-corrected chi connectivity index (χ4v) is 2.05. The highest BCUT2D eigenvalue weighted by Gasteiger charge is 2.13. The molecule has 1 aromatic carbocycles. The normalized spacial score (nSPS) is 11.1. The molecule has 0 aliphatic heterocycles. The Morgan fingerprint density at radius 2 is 1.94 bits per heavy atom. The van der Waals surface area contributed by atoms with Gasteiger partial charge in [-0.15, -0.1) is 0 Å². The van der Waals surface area contributed by atoms with Gasteiger partial charge in [-0.3, -0.25) is 0 Å². The van der Waals surface area contributed by atoms with Gasteiger partial charge in [-0.2, -0.15) is 5.10 Å². The lowest BCUT2D eigenvalue weighted by atomic mass is 10.0. The predicted molar refractivity (Wildman–Crippen MR) is 70.4 cm³/mol. The van der Waals surface area contributed by atoms with E-state index in [1.807, 2.05) is 29.1 Å². The van der Waals surface area contributed by atoms with Crippen LogP contribution in [0.2, 0.25) is 0 Å². The molecule has 1 heterocycles. The van der Waals surface area contributed by atoms with Crippen LogP contribution in [0.5, 0.6) is 0 Å². The van der Waals surface area contributed by atoms with Crippen LogP contribution < -0.4 is 5.73 Å². The summed E-state index contributed by atoms with van der Waals surface area (Å²) < 4.78 is 2.00. The van der Waals surface area contributed by atoms with E-state index in [4.69, 9.17) is 5.73 Å². The lowest BCUT2D eigenvalue weighted by molar-refractivity contribution is 0.768. The van der Waals surface area contributed by atoms with Crippen LogP contribution in [0, 0.1) is 0 Å². The van der Waals surface area contributed by atoms with E-state index in [2.05, 4.69) is 31.1 Å². The molecule has 90 valence electrons. The molecule has 0 aliphatic carbocycles. The van der Waals surface area contributed by atoms with Crippen LogP contribution in [0.4, 0.5) is 0 Å². The minimum atomic E-state index is 0.481. The first-order valence-corrected chi connectivity index (χ1v) is 6.06. The predicted octanol–water partition coefficient (Wildman–Crippen LogP) is 2.50. The minimum Gasteiger partial charge on any atom is -0.330 e. The summed E-state index contributed by atoms with van der Waals surface area (Å²) in [6.07, 6.45) is 2.82. The van der Waals surface area contributed by atoms with Gasteiger partial charge in [-0.1, -0.05) is 32.0 Å². The third-order valence-corrected chi connectivity index (χ3v) is 2.91. The van der Waals surface area contributed by atoms with Crippen molar-refractivity contribution >= 4 is 0 Å². The second-order valence-corrected chi connectivity index (χ2v) is 4.49. The van der Waals surface area contributed by atoms with Gasteiger partial charge in [0.25, 0.3) is 0 Å². The Bertz CT molecular complexity index is 471. The van der Waals surface area contributed by atoms with E-state index in [0.717, 1.165) is 12.1 Å². The molecule has 0 radical (unpaired) electrons. The van der Waals surface area contributed by atoms with Crippen molar-refractivity contribution in [2.75, 3.05) is 6.54 Å². The number of para-hydroxylation sites is 1. The molecule has 0 saturated carbocycles. The van der Waals surface area contributed by atoms with Gasteiger partial charge in [0.1, 0.15) is 0 Å². The van der Waals surface area contributed by atoms with E-state index in [1.165, 1.54) is 11.3 Å². The highest BCUT2D eigenvalue weighted by Crippen LogP contribution is 2.22. The van der Waals surface area contributed by atoms with E-state index in [0.29, 0.717) is 12.5 Å². The molecule has 0 saturated heterocycles. The Hall–Kier alpha value is -1.61. The third-order valence-electron chi connectivity index (χ3n) is 2.91. The van der Waals surface area contributed by atoms with Crippen LogP contribution >= 0.6 is 0 Å². The Labute approximate surface area is 102 Å². The van der Waals surface area contributed by atoms with Crippen LogP contribution in [0.1, 0.15) is 31.0 Å². The first-order chi connectivity index (χ1) is 8.24. The smallest absolute Gasteiger partial charge is 0.0648 e. The summed E-state index contributed by atoms with van der Waals surface area (Å²) in [5, 5.41) is 4.49. The van der Waals surface area contributed by atoms with Crippen LogP contribution in [0.3, 0.4) is 0 Å². The summed E-state index contributed by atoms with van der Waals surface area (Å²) in [6.45, 7) is 5.02. The quantitative estimate of drug-likeness (QED) is 0.875. The van der Waals surface area contributed by atoms with E-state index >= 15 is 0 Å². The summed E-state index contributed by atoms with van der Waals surface area (Å²) in [5.41, 5.74) is 9.32. The lowest BCUT2D eigenvalue weighted by Gasteiger charge is -2.10. The van der Waals surface area contributed by atoms with Gasteiger partial charge < -0.3 is 5.73 Å². The van der Waals surface area contributed by atoms with Gasteiger partial charge in [0.15, 0.2) is 0 Å². The molecule has 3 nitrogen and oxygen atoms in total.